The normalized spacial score (nSPS) is 12.7. The average Bonchev–Trinajstić information content (AvgIpc) is 3.40. The first kappa shape index (κ1) is 70.3. The fourth-order valence-corrected chi connectivity index (χ4v) is 8.65. The van der Waals surface area contributed by atoms with Gasteiger partial charge in [0.15, 0.2) is 6.10 Å². The third-order valence-electron chi connectivity index (χ3n) is 13.3. The fraction of sp³-hybridized carbons (Fsp3) is 0.721. The predicted octanol–water partition coefficient (Wildman–Crippen LogP) is 21.3. The number of carbonyl (C=O) groups excluding carboxylic acids is 3. The van der Waals surface area contributed by atoms with E-state index in [1.807, 2.05) is 0 Å². The zero-order chi connectivity index (χ0) is 53.6. The van der Waals surface area contributed by atoms with E-state index in [9.17, 15) is 14.4 Å². The number of hydrogen-bond acceptors (Lipinski definition) is 6. The van der Waals surface area contributed by atoms with Crippen LogP contribution in [-0.4, -0.2) is 37.2 Å². The lowest BCUT2D eigenvalue weighted by molar-refractivity contribution is -0.167. The quantitative estimate of drug-likeness (QED) is 0.0261. The first-order chi connectivity index (χ1) is 36.5. The summed E-state index contributed by atoms with van der Waals surface area (Å²) in [6, 6.07) is 0. The van der Waals surface area contributed by atoms with Gasteiger partial charge in [-0.3, -0.25) is 14.4 Å². The Labute approximate surface area is 457 Å². The molecule has 0 aromatic heterocycles. The largest absolute Gasteiger partial charge is 0.462 e. The molecule has 0 aliphatic heterocycles. The zero-order valence-electron chi connectivity index (χ0n) is 48.6. The van der Waals surface area contributed by atoms with E-state index in [0.717, 1.165) is 109 Å². The molecule has 1 atom stereocenters. The van der Waals surface area contributed by atoms with Crippen LogP contribution >= 0.6 is 0 Å². The molecule has 0 aromatic rings. The SMILES string of the molecule is CC/C=C\C/C=C\C/C=C\C/C=C\C/C=C\C/C=C\C/C=C\CCCCCCCCCC(=O)OCC(COC(=O)CCCCCCCCCC)OC(=O)CCCCCCCCCCC/C=C\CCCCCCCC. The lowest BCUT2D eigenvalue weighted by Gasteiger charge is -2.18. The summed E-state index contributed by atoms with van der Waals surface area (Å²) >= 11 is 0. The van der Waals surface area contributed by atoms with Crippen molar-refractivity contribution in [1.82, 2.24) is 0 Å². The first-order valence-corrected chi connectivity index (χ1v) is 31.2. The Bertz CT molecular complexity index is 1460. The van der Waals surface area contributed by atoms with Gasteiger partial charge in [-0.25, -0.2) is 0 Å². The summed E-state index contributed by atoms with van der Waals surface area (Å²) in [5, 5.41) is 0. The Hall–Kier alpha value is -3.67. The third kappa shape index (κ3) is 59.2. The van der Waals surface area contributed by atoms with Gasteiger partial charge in [0.1, 0.15) is 13.2 Å². The maximum atomic E-state index is 12.9. The van der Waals surface area contributed by atoms with Gasteiger partial charge in [-0.15, -0.1) is 0 Å². The molecule has 6 heteroatoms. The number of unbranched alkanes of at least 4 members (excludes halogenated alkanes) is 29. The molecule has 0 aliphatic rings. The van der Waals surface area contributed by atoms with Gasteiger partial charge in [-0.1, -0.05) is 272 Å². The summed E-state index contributed by atoms with van der Waals surface area (Å²) in [7, 11) is 0. The molecule has 6 nitrogen and oxygen atoms in total. The van der Waals surface area contributed by atoms with Crippen molar-refractivity contribution in [2.75, 3.05) is 13.2 Å². The highest BCUT2D eigenvalue weighted by atomic mass is 16.6. The number of hydrogen-bond donors (Lipinski definition) is 0. The van der Waals surface area contributed by atoms with Crippen molar-refractivity contribution >= 4 is 17.9 Å². The maximum absolute atomic E-state index is 12.9. The van der Waals surface area contributed by atoms with E-state index in [1.54, 1.807) is 0 Å². The van der Waals surface area contributed by atoms with Crippen molar-refractivity contribution in [3.8, 4) is 0 Å². The number of ether oxygens (including phenoxy) is 3. The molecule has 74 heavy (non-hydrogen) atoms. The van der Waals surface area contributed by atoms with E-state index >= 15 is 0 Å². The second-order valence-corrected chi connectivity index (χ2v) is 20.6. The molecule has 0 amide bonds. The monoisotopic (exact) mass is 1030 g/mol. The average molecular weight is 1030 g/mol. The molecule has 0 fully saturated rings. The van der Waals surface area contributed by atoms with Crippen molar-refractivity contribution in [3.63, 3.8) is 0 Å². The minimum atomic E-state index is -0.781. The van der Waals surface area contributed by atoms with E-state index in [-0.39, 0.29) is 31.1 Å². The topological polar surface area (TPSA) is 78.9 Å². The van der Waals surface area contributed by atoms with Crippen LogP contribution in [0.4, 0.5) is 0 Å². The Balaban J connectivity index is 4.22. The lowest BCUT2D eigenvalue weighted by atomic mass is 10.1. The summed E-state index contributed by atoms with van der Waals surface area (Å²) in [6.45, 7) is 6.50. The molecule has 0 saturated heterocycles. The molecule has 0 aromatic carbocycles. The molecule has 0 spiro atoms. The number of esters is 3. The summed E-state index contributed by atoms with van der Waals surface area (Å²) < 4.78 is 16.8. The highest BCUT2D eigenvalue weighted by molar-refractivity contribution is 5.71. The Morgan fingerprint density at radius 3 is 0.838 bits per heavy atom. The third-order valence-corrected chi connectivity index (χ3v) is 13.3. The molecule has 0 N–H and O–H groups in total. The van der Waals surface area contributed by atoms with E-state index in [0.29, 0.717) is 19.3 Å². The van der Waals surface area contributed by atoms with Crippen LogP contribution in [0.1, 0.15) is 297 Å². The Morgan fingerprint density at radius 2 is 0.527 bits per heavy atom. The summed E-state index contributed by atoms with van der Waals surface area (Å²) in [4.78, 5) is 38.1. The van der Waals surface area contributed by atoms with Gasteiger partial charge in [0.2, 0.25) is 0 Å². The predicted molar refractivity (Wildman–Crippen MR) is 320 cm³/mol. The molecule has 0 aliphatic carbocycles. The smallest absolute Gasteiger partial charge is 0.306 e. The minimum absolute atomic E-state index is 0.0797. The van der Waals surface area contributed by atoms with Crippen molar-refractivity contribution in [2.24, 2.45) is 0 Å². The molecule has 424 valence electrons. The van der Waals surface area contributed by atoms with Gasteiger partial charge in [-0.05, 0) is 103 Å². The first-order valence-electron chi connectivity index (χ1n) is 31.2. The molecule has 0 bridgehead atoms. The van der Waals surface area contributed by atoms with Crippen LogP contribution in [0, 0.1) is 0 Å². The molecular formula is C68H116O6. The highest BCUT2D eigenvalue weighted by Crippen LogP contribution is 2.16. The minimum Gasteiger partial charge on any atom is -0.462 e. The van der Waals surface area contributed by atoms with Crippen LogP contribution in [0.25, 0.3) is 0 Å². The molecule has 0 rings (SSSR count). The fourth-order valence-electron chi connectivity index (χ4n) is 8.65. The zero-order valence-corrected chi connectivity index (χ0v) is 48.6. The lowest BCUT2D eigenvalue weighted by Crippen LogP contribution is -2.30. The van der Waals surface area contributed by atoms with Crippen LogP contribution in [0.5, 0.6) is 0 Å². The maximum Gasteiger partial charge on any atom is 0.306 e. The van der Waals surface area contributed by atoms with Crippen LogP contribution in [-0.2, 0) is 28.6 Å². The Kier molecular flexibility index (Phi) is 58.8. The second kappa shape index (κ2) is 61.9. The van der Waals surface area contributed by atoms with Crippen LogP contribution in [0.15, 0.2) is 97.2 Å². The van der Waals surface area contributed by atoms with Crippen LogP contribution < -0.4 is 0 Å². The molecule has 0 heterocycles. The van der Waals surface area contributed by atoms with Gasteiger partial charge < -0.3 is 14.2 Å². The van der Waals surface area contributed by atoms with Crippen LogP contribution in [0.2, 0.25) is 0 Å². The molecule has 0 radical (unpaired) electrons. The number of allylic oxidation sites excluding steroid dienone is 16. The van der Waals surface area contributed by atoms with E-state index < -0.39 is 6.10 Å². The number of carbonyl (C=O) groups is 3. The standard InChI is InChI=1S/C68H116O6/c1-4-7-10-13-16-19-21-23-25-27-29-30-31-32-33-34-35-36-37-38-40-41-43-45-47-49-52-55-58-61-67(70)73-64-65(63-72-66(69)60-57-54-51-18-15-12-9-6-3)74-68(71)62-59-56-53-50-48-46-44-42-39-28-26-24-22-20-17-14-11-8-5-2/h7,10,16,19,23-26,29-30,32-33,35-36,38,40,65H,4-6,8-9,11-15,17-18,20-22,27-28,31,34,37,39,41-64H2,1-3H3/b10-7-,19-16-,25-23-,26-24-,30-29-,33-32-,36-35-,40-38-. The molecule has 0 saturated carbocycles. The van der Waals surface area contributed by atoms with E-state index in [2.05, 4.69) is 118 Å². The van der Waals surface area contributed by atoms with Crippen LogP contribution in [0.3, 0.4) is 0 Å². The Morgan fingerprint density at radius 1 is 0.284 bits per heavy atom. The van der Waals surface area contributed by atoms with Gasteiger partial charge in [-0.2, -0.15) is 0 Å². The van der Waals surface area contributed by atoms with Crippen molar-refractivity contribution < 1.29 is 28.6 Å². The molecular weight excluding hydrogens is 913 g/mol. The van der Waals surface area contributed by atoms with Gasteiger partial charge in [0, 0.05) is 19.3 Å². The summed E-state index contributed by atoms with van der Waals surface area (Å²) in [6.07, 6.45) is 82.8. The number of rotatable bonds is 56. The summed E-state index contributed by atoms with van der Waals surface area (Å²) in [5.74, 6) is -0.891. The highest BCUT2D eigenvalue weighted by Gasteiger charge is 2.19. The second-order valence-electron chi connectivity index (χ2n) is 20.6. The van der Waals surface area contributed by atoms with E-state index in [1.165, 1.54) is 148 Å². The van der Waals surface area contributed by atoms with Crippen molar-refractivity contribution in [2.45, 2.75) is 303 Å². The van der Waals surface area contributed by atoms with E-state index in [4.69, 9.17) is 14.2 Å². The summed E-state index contributed by atoms with van der Waals surface area (Å²) in [5.41, 5.74) is 0. The van der Waals surface area contributed by atoms with Gasteiger partial charge in [0.05, 0.1) is 0 Å². The van der Waals surface area contributed by atoms with Crippen molar-refractivity contribution in [1.29, 1.82) is 0 Å². The van der Waals surface area contributed by atoms with Gasteiger partial charge in [0.25, 0.3) is 0 Å². The van der Waals surface area contributed by atoms with Gasteiger partial charge >= 0.3 is 17.9 Å². The molecule has 1 unspecified atom stereocenters. The van der Waals surface area contributed by atoms with Crippen molar-refractivity contribution in [3.05, 3.63) is 97.2 Å².